The Morgan fingerprint density at radius 3 is 1.63 bits per heavy atom. The molecule has 0 saturated carbocycles. The van der Waals surface area contributed by atoms with Gasteiger partial charge in [-0.1, -0.05) is 97.1 Å². The zero-order valence-electron chi connectivity index (χ0n) is 17.2. The Balaban J connectivity index is 1.80. The van der Waals surface area contributed by atoms with Crippen molar-refractivity contribution in [3.8, 4) is 44.5 Å². The topological polar surface area (TPSA) is 0 Å². The summed E-state index contributed by atoms with van der Waals surface area (Å²) in [6, 6.07) is 35.4. The second-order valence-corrected chi connectivity index (χ2v) is 8.24. The van der Waals surface area contributed by atoms with Crippen molar-refractivity contribution in [2.45, 2.75) is 13.8 Å². The third-order valence-electron chi connectivity index (χ3n) is 6.60. The second kappa shape index (κ2) is 6.43. The van der Waals surface area contributed by atoms with E-state index in [-0.39, 0.29) is 0 Å². The molecule has 0 N–H and O–H groups in total. The normalized spacial score (nSPS) is 11.7. The van der Waals surface area contributed by atoms with Crippen LogP contribution in [0.15, 0.2) is 97.1 Å². The molecule has 0 nitrogen and oxygen atoms in total. The van der Waals surface area contributed by atoms with E-state index in [2.05, 4.69) is 111 Å². The molecule has 0 heteroatoms. The summed E-state index contributed by atoms with van der Waals surface area (Å²) < 4.78 is 0. The van der Waals surface area contributed by atoms with E-state index in [1.807, 2.05) is 0 Å². The van der Waals surface area contributed by atoms with Crippen LogP contribution in [0.3, 0.4) is 0 Å². The van der Waals surface area contributed by atoms with Gasteiger partial charge in [-0.15, -0.1) is 0 Å². The van der Waals surface area contributed by atoms with Gasteiger partial charge in [0.05, 0.1) is 0 Å². The van der Waals surface area contributed by atoms with E-state index in [4.69, 9.17) is 0 Å². The minimum Gasteiger partial charge on any atom is -0.0622 e. The Morgan fingerprint density at radius 1 is 0.467 bits per heavy atom. The fourth-order valence-corrected chi connectivity index (χ4v) is 5.05. The first-order valence-electron chi connectivity index (χ1n) is 10.6. The van der Waals surface area contributed by atoms with Crippen molar-refractivity contribution < 1.29 is 0 Å². The molecule has 0 amide bonds. The minimum absolute atomic E-state index is 1.27. The molecule has 0 bridgehead atoms. The lowest BCUT2D eigenvalue weighted by Gasteiger charge is -2.16. The lowest BCUT2D eigenvalue weighted by Crippen LogP contribution is -1.90. The standard InChI is InChI=1S/C30H22/c1-19-18-27-28-23(20(19)2)14-9-15-26(28)29-24(21-10-5-3-6-11-21)16-17-25(30(27)29)22-12-7-4-8-13-22/h3-18H,1-2H3. The largest absolute Gasteiger partial charge is 0.0622 e. The van der Waals surface area contributed by atoms with Gasteiger partial charge in [-0.2, -0.15) is 0 Å². The first-order chi connectivity index (χ1) is 14.7. The number of hydrogen-bond donors (Lipinski definition) is 0. The molecule has 0 atom stereocenters. The summed E-state index contributed by atoms with van der Waals surface area (Å²) in [7, 11) is 0. The average Bonchev–Trinajstić information content (AvgIpc) is 3.13. The third kappa shape index (κ3) is 2.34. The van der Waals surface area contributed by atoms with Crippen LogP contribution in [-0.4, -0.2) is 0 Å². The Morgan fingerprint density at radius 2 is 1.03 bits per heavy atom. The van der Waals surface area contributed by atoms with Crippen molar-refractivity contribution in [2.24, 2.45) is 0 Å². The first-order valence-corrected chi connectivity index (χ1v) is 10.6. The Labute approximate surface area is 177 Å². The molecule has 0 saturated heterocycles. The van der Waals surface area contributed by atoms with E-state index >= 15 is 0 Å². The van der Waals surface area contributed by atoms with Crippen molar-refractivity contribution >= 4 is 10.8 Å². The zero-order valence-corrected chi connectivity index (χ0v) is 17.2. The predicted octanol–water partition coefficient (Wildman–Crippen LogP) is 8.44. The summed E-state index contributed by atoms with van der Waals surface area (Å²) in [5.41, 5.74) is 13.4. The molecule has 0 unspecified atom stereocenters. The SMILES string of the molecule is Cc1cc2c3c(cccc3c1C)-c1c(-c3ccccc3)ccc(-c3ccccc3)c1-2. The number of benzene rings is 5. The molecule has 0 aliphatic heterocycles. The van der Waals surface area contributed by atoms with Crippen LogP contribution in [0.1, 0.15) is 11.1 Å². The predicted molar refractivity (Wildman–Crippen MR) is 129 cm³/mol. The molecule has 6 rings (SSSR count). The number of rotatable bonds is 2. The molecule has 0 aromatic heterocycles. The third-order valence-corrected chi connectivity index (χ3v) is 6.60. The zero-order chi connectivity index (χ0) is 20.2. The number of fused-ring (bicyclic) bond motifs is 3. The van der Waals surface area contributed by atoms with Gasteiger partial charge in [-0.05, 0) is 80.3 Å². The van der Waals surface area contributed by atoms with E-state index in [9.17, 15) is 0 Å². The van der Waals surface area contributed by atoms with Gasteiger partial charge in [0, 0.05) is 0 Å². The van der Waals surface area contributed by atoms with Crippen LogP contribution in [-0.2, 0) is 0 Å². The molecule has 0 radical (unpaired) electrons. The van der Waals surface area contributed by atoms with Gasteiger partial charge >= 0.3 is 0 Å². The summed E-state index contributed by atoms with van der Waals surface area (Å²) in [6.07, 6.45) is 0. The molecule has 5 aromatic carbocycles. The monoisotopic (exact) mass is 382 g/mol. The van der Waals surface area contributed by atoms with Gasteiger partial charge in [0.2, 0.25) is 0 Å². The molecule has 30 heavy (non-hydrogen) atoms. The van der Waals surface area contributed by atoms with Crippen molar-refractivity contribution in [1.29, 1.82) is 0 Å². The van der Waals surface area contributed by atoms with Crippen LogP contribution in [0.4, 0.5) is 0 Å². The van der Waals surface area contributed by atoms with Crippen molar-refractivity contribution in [1.82, 2.24) is 0 Å². The van der Waals surface area contributed by atoms with Gasteiger partial charge in [0.25, 0.3) is 0 Å². The maximum Gasteiger partial charge on any atom is -0.00138 e. The summed E-state index contributed by atoms with van der Waals surface area (Å²) in [4.78, 5) is 0. The van der Waals surface area contributed by atoms with Crippen LogP contribution in [0, 0.1) is 13.8 Å². The molecule has 142 valence electrons. The second-order valence-electron chi connectivity index (χ2n) is 8.24. The first kappa shape index (κ1) is 17.2. The van der Waals surface area contributed by atoms with Gasteiger partial charge in [-0.25, -0.2) is 0 Å². The maximum absolute atomic E-state index is 2.40. The maximum atomic E-state index is 2.40. The highest BCUT2D eigenvalue weighted by molar-refractivity contribution is 6.21. The van der Waals surface area contributed by atoms with Gasteiger partial charge in [-0.3, -0.25) is 0 Å². The quantitative estimate of drug-likeness (QED) is 0.282. The molecule has 0 fully saturated rings. The van der Waals surface area contributed by atoms with Crippen LogP contribution in [0.5, 0.6) is 0 Å². The summed E-state index contributed by atoms with van der Waals surface area (Å²) >= 11 is 0. The van der Waals surface area contributed by atoms with Crippen LogP contribution in [0.2, 0.25) is 0 Å². The average molecular weight is 383 g/mol. The highest BCUT2D eigenvalue weighted by atomic mass is 14.3. The van der Waals surface area contributed by atoms with Crippen molar-refractivity contribution in [3.63, 3.8) is 0 Å². The van der Waals surface area contributed by atoms with E-state index in [1.54, 1.807) is 0 Å². The smallest absolute Gasteiger partial charge is 0.00138 e. The number of hydrogen-bond acceptors (Lipinski definition) is 0. The molecular weight excluding hydrogens is 360 g/mol. The molecule has 0 spiro atoms. The molecule has 1 aliphatic rings. The summed E-state index contributed by atoms with van der Waals surface area (Å²) in [5, 5.41) is 2.77. The van der Waals surface area contributed by atoms with Gasteiger partial charge in [0.15, 0.2) is 0 Å². The van der Waals surface area contributed by atoms with E-state index in [0.717, 1.165) is 0 Å². The van der Waals surface area contributed by atoms with E-state index in [0.29, 0.717) is 0 Å². The lowest BCUT2D eigenvalue weighted by molar-refractivity contribution is 1.38. The van der Waals surface area contributed by atoms with Gasteiger partial charge < -0.3 is 0 Å². The van der Waals surface area contributed by atoms with Crippen LogP contribution in [0.25, 0.3) is 55.3 Å². The minimum atomic E-state index is 1.27. The van der Waals surface area contributed by atoms with Crippen molar-refractivity contribution in [2.75, 3.05) is 0 Å². The molecular formula is C30H22. The highest BCUT2D eigenvalue weighted by Gasteiger charge is 2.28. The summed E-state index contributed by atoms with van der Waals surface area (Å²) in [6.45, 7) is 4.48. The Hall–Kier alpha value is -3.64. The molecule has 1 aliphatic carbocycles. The fourth-order valence-electron chi connectivity index (χ4n) is 5.05. The van der Waals surface area contributed by atoms with Crippen LogP contribution < -0.4 is 0 Å². The van der Waals surface area contributed by atoms with Crippen LogP contribution >= 0.6 is 0 Å². The van der Waals surface area contributed by atoms with Gasteiger partial charge in [0.1, 0.15) is 0 Å². The lowest BCUT2D eigenvalue weighted by atomic mass is 9.87. The fraction of sp³-hybridized carbons (Fsp3) is 0.0667. The van der Waals surface area contributed by atoms with E-state index < -0.39 is 0 Å². The Kier molecular flexibility index (Phi) is 3.70. The number of aryl methyl sites for hydroxylation is 2. The summed E-state index contributed by atoms with van der Waals surface area (Å²) in [5.74, 6) is 0. The van der Waals surface area contributed by atoms with E-state index in [1.165, 1.54) is 66.4 Å². The Bertz CT molecular complexity index is 1420. The molecule has 5 aromatic rings. The van der Waals surface area contributed by atoms with Crippen molar-refractivity contribution in [3.05, 3.63) is 108 Å². The highest BCUT2D eigenvalue weighted by Crippen LogP contribution is 2.55. The molecule has 0 heterocycles.